The zero-order valence-corrected chi connectivity index (χ0v) is 6.95. The molecule has 0 aliphatic heterocycles. The highest BCUT2D eigenvalue weighted by atomic mass is 16.3. The molecule has 2 N–H and O–H groups in total. The Bertz CT molecular complexity index is 253. The minimum absolute atomic E-state index is 0.0419. The molecule has 1 fully saturated rings. The van der Waals surface area contributed by atoms with Gasteiger partial charge in [0.15, 0.2) is 5.82 Å². The summed E-state index contributed by atoms with van der Waals surface area (Å²) in [4.78, 5) is 4.19. The van der Waals surface area contributed by atoms with Crippen LogP contribution in [0, 0.1) is 0 Å². The number of rotatable bonds is 2. The average Bonchev–Trinajstić information content (AvgIpc) is 2.75. The molecule has 1 saturated carbocycles. The summed E-state index contributed by atoms with van der Waals surface area (Å²) in [5, 5.41) is 15.6. The first-order chi connectivity index (χ1) is 5.90. The molecule has 1 aliphatic rings. The first kappa shape index (κ1) is 7.73. The fourth-order valence-corrected chi connectivity index (χ4v) is 1.75. The Hall–Kier alpha value is -0.900. The van der Waals surface area contributed by atoms with E-state index in [1.807, 2.05) is 0 Å². The monoisotopic (exact) mass is 167 g/mol. The highest BCUT2D eigenvalue weighted by molar-refractivity contribution is 4.99. The van der Waals surface area contributed by atoms with Crippen molar-refractivity contribution in [2.24, 2.45) is 0 Å². The number of aliphatic hydroxyl groups excluding tert-OH is 1. The lowest BCUT2D eigenvalue weighted by Gasteiger charge is -2.00. The van der Waals surface area contributed by atoms with Gasteiger partial charge in [0.1, 0.15) is 12.4 Å². The van der Waals surface area contributed by atoms with E-state index in [9.17, 15) is 0 Å². The molecule has 0 bridgehead atoms. The van der Waals surface area contributed by atoms with E-state index in [1.165, 1.54) is 25.7 Å². The van der Waals surface area contributed by atoms with Crippen LogP contribution in [-0.2, 0) is 6.61 Å². The van der Waals surface area contributed by atoms with E-state index in [0.29, 0.717) is 11.7 Å². The van der Waals surface area contributed by atoms with E-state index in [-0.39, 0.29) is 6.61 Å². The highest BCUT2D eigenvalue weighted by Crippen LogP contribution is 2.31. The van der Waals surface area contributed by atoms with Gasteiger partial charge in [0, 0.05) is 5.92 Å². The van der Waals surface area contributed by atoms with Crippen LogP contribution in [0.25, 0.3) is 0 Å². The van der Waals surface area contributed by atoms with Crippen molar-refractivity contribution >= 4 is 0 Å². The van der Waals surface area contributed by atoms with Crippen molar-refractivity contribution < 1.29 is 5.11 Å². The minimum Gasteiger partial charge on any atom is -0.388 e. The second-order valence-corrected chi connectivity index (χ2v) is 3.28. The molecule has 66 valence electrons. The molecule has 1 aromatic heterocycles. The summed E-state index contributed by atoms with van der Waals surface area (Å²) in [6.07, 6.45) is 4.97. The number of aromatic amines is 1. The van der Waals surface area contributed by atoms with Gasteiger partial charge in [-0.25, -0.2) is 4.98 Å². The minimum atomic E-state index is -0.0419. The van der Waals surface area contributed by atoms with Gasteiger partial charge in [-0.15, -0.1) is 0 Å². The molecule has 0 spiro atoms. The Kier molecular flexibility index (Phi) is 2.08. The lowest BCUT2D eigenvalue weighted by Crippen LogP contribution is -1.95. The second-order valence-electron chi connectivity index (χ2n) is 3.28. The van der Waals surface area contributed by atoms with Crippen molar-refractivity contribution in [3.05, 3.63) is 11.6 Å². The van der Waals surface area contributed by atoms with Crippen LogP contribution in [0.1, 0.15) is 43.3 Å². The number of hydrogen-bond acceptors (Lipinski definition) is 3. The second kappa shape index (κ2) is 3.23. The van der Waals surface area contributed by atoms with Crippen LogP contribution in [0.2, 0.25) is 0 Å². The number of nitrogens with zero attached hydrogens (tertiary/aromatic N) is 2. The van der Waals surface area contributed by atoms with Gasteiger partial charge in [-0.3, -0.25) is 5.10 Å². The molecule has 0 unspecified atom stereocenters. The SMILES string of the molecule is OCc1nc(C2CCCC2)n[nH]1. The van der Waals surface area contributed by atoms with E-state index < -0.39 is 0 Å². The number of H-pyrrole nitrogens is 1. The number of hydrogen-bond donors (Lipinski definition) is 2. The molecule has 0 radical (unpaired) electrons. The maximum Gasteiger partial charge on any atom is 0.153 e. The van der Waals surface area contributed by atoms with Crippen LogP contribution in [0.5, 0.6) is 0 Å². The van der Waals surface area contributed by atoms with Crippen LogP contribution >= 0.6 is 0 Å². The maximum atomic E-state index is 8.76. The third-order valence-corrected chi connectivity index (χ3v) is 2.42. The summed E-state index contributed by atoms with van der Waals surface area (Å²) < 4.78 is 0. The largest absolute Gasteiger partial charge is 0.388 e. The molecule has 1 aliphatic carbocycles. The van der Waals surface area contributed by atoms with Gasteiger partial charge in [-0.1, -0.05) is 12.8 Å². The predicted octanol–water partition coefficient (Wildman–Crippen LogP) is 0.955. The smallest absolute Gasteiger partial charge is 0.153 e. The first-order valence-electron chi connectivity index (χ1n) is 4.42. The van der Waals surface area contributed by atoms with E-state index in [0.717, 1.165) is 5.82 Å². The van der Waals surface area contributed by atoms with Gasteiger partial charge in [-0.05, 0) is 12.8 Å². The highest BCUT2D eigenvalue weighted by Gasteiger charge is 2.20. The number of nitrogens with one attached hydrogen (secondary N) is 1. The van der Waals surface area contributed by atoms with Crippen LogP contribution in [0.3, 0.4) is 0 Å². The molecule has 12 heavy (non-hydrogen) atoms. The first-order valence-corrected chi connectivity index (χ1v) is 4.42. The molecular formula is C8H13N3O. The van der Waals surface area contributed by atoms with Gasteiger partial charge < -0.3 is 5.11 Å². The fraction of sp³-hybridized carbons (Fsp3) is 0.750. The van der Waals surface area contributed by atoms with E-state index in [1.54, 1.807) is 0 Å². The third kappa shape index (κ3) is 1.34. The molecule has 0 aromatic carbocycles. The standard InChI is InChI=1S/C8H13N3O/c12-5-7-9-8(11-10-7)6-3-1-2-4-6/h6,12H,1-5H2,(H,9,10,11). The summed E-state index contributed by atoms with van der Waals surface area (Å²) >= 11 is 0. The summed E-state index contributed by atoms with van der Waals surface area (Å²) in [5.41, 5.74) is 0. The molecule has 1 aromatic rings. The Morgan fingerprint density at radius 2 is 2.17 bits per heavy atom. The number of aliphatic hydroxyl groups is 1. The Morgan fingerprint density at radius 3 is 2.75 bits per heavy atom. The maximum absolute atomic E-state index is 8.76. The topological polar surface area (TPSA) is 61.8 Å². The van der Waals surface area contributed by atoms with Gasteiger partial charge in [-0.2, -0.15) is 5.10 Å². The normalized spacial score (nSPS) is 18.8. The summed E-state index contributed by atoms with van der Waals surface area (Å²) in [7, 11) is 0. The molecule has 4 nitrogen and oxygen atoms in total. The molecule has 2 rings (SSSR count). The van der Waals surface area contributed by atoms with Crippen molar-refractivity contribution in [1.82, 2.24) is 15.2 Å². The average molecular weight is 167 g/mol. The van der Waals surface area contributed by atoms with Crippen molar-refractivity contribution in [1.29, 1.82) is 0 Å². The molecular weight excluding hydrogens is 154 g/mol. The van der Waals surface area contributed by atoms with Gasteiger partial charge in [0.25, 0.3) is 0 Å². The van der Waals surface area contributed by atoms with Crippen LogP contribution in [0.15, 0.2) is 0 Å². The van der Waals surface area contributed by atoms with Gasteiger partial charge in [0.05, 0.1) is 0 Å². The van der Waals surface area contributed by atoms with Crippen molar-refractivity contribution in [2.45, 2.75) is 38.2 Å². The molecule has 1 heterocycles. The zero-order valence-electron chi connectivity index (χ0n) is 6.95. The Labute approximate surface area is 71.0 Å². The quantitative estimate of drug-likeness (QED) is 0.689. The Morgan fingerprint density at radius 1 is 1.42 bits per heavy atom. The van der Waals surface area contributed by atoms with Crippen LogP contribution < -0.4 is 0 Å². The fourth-order valence-electron chi connectivity index (χ4n) is 1.75. The van der Waals surface area contributed by atoms with E-state index in [4.69, 9.17) is 5.11 Å². The number of aromatic nitrogens is 3. The van der Waals surface area contributed by atoms with Crippen LogP contribution in [0.4, 0.5) is 0 Å². The lowest BCUT2D eigenvalue weighted by atomic mass is 10.1. The Balaban J connectivity index is 2.11. The lowest BCUT2D eigenvalue weighted by molar-refractivity contribution is 0.271. The zero-order chi connectivity index (χ0) is 8.39. The van der Waals surface area contributed by atoms with Gasteiger partial charge >= 0.3 is 0 Å². The predicted molar refractivity (Wildman–Crippen MR) is 43.5 cm³/mol. The summed E-state index contributed by atoms with van der Waals surface area (Å²) in [5.74, 6) is 2.00. The van der Waals surface area contributed by atoms with Crippen molar-refractivity contribution in [2.75, 3.05) is 0 Å². The van der Waals surface area contributed by atoms with E-state index in [2.05, 4.69) is 15.2 Å². The molecule has 0 amide bonds. The molecule has 4 heteroatoms. The van der Waals surface area contributed by atoms with Crippen LogP contribution in [-0.4, -0.2) is 20.3 Å². The van der Waals surface area contributed by atoms with E-state index >= 15 is 0 Å². The third-order valence-electron chi connectivity index (χ3n) is 2.42. The molecule has 0 atom stereocenters. The van der Waals surface area contributed by atoms with Gasteiger partial charge in [0.2, 0.25) is 0 Å². The summed E-state index contributed by atoms with van der Waals surface area (Å²) in [6.45, 7) is -0.0419. The van der Waals surface area contributed by atoms with Crippen molar-refractivity contribution in [3.63, 3.8) is 0 Å². The van der Waals surface area contributed by atoms with Crippen molar-refractivity contribution in [3.8, 4) is 0 Å². The summed E-state index contributed by atoms with van der Waals surface area (Å²) in [6, 6.07) is 0. The molecule has 0 saturated heterocycles.